The zero-order chi connectivity index (χ0) is 18.9. The molecule has 1 N–H and O–H groups in total. The molecule has 0 fully saturated rings. The van der Waals surface area contributed by atoms with Gasteiger partial charge in [-0.3, -0.25) is 9.52 Å². The molecule has 7 heteroatoms. The summed E-state index contributed by atoms with van der Waals surface area (Å²) < 4.78 is 27.3. The minimum Gasteiger partial charge on any atom is -0.312 e. The van der Waals surface area contributed by atoms with Crippen LogP contribution in [-0.2, 0) is 27.7 Å². The molecule has 0 saturated carbocycles. The lowest BCUT2D eigenvalue weighted by molar-refractivity contribution is -0.117. The zero-order valence-electron chi connectivity index (χ0n) is 14.5. The number of nitrogens with zero attached hydrogens (tertiary/aromatic N) is 1. The zero-order valence-corrected chi connectivity index (χ0v) is 16.1. The van der Waals surface area contributed by atoms with Crippen molar-refractivity contribution in [2.75, 3.05) is 16.2 Å². The molecule has 1 amide bonds. The molecule has 2 aromatic carbocycles. The van der Waals surface area contributed by atoms with Gasteiger partial charge in [-0.25, -0.2) is 8.42 Å². The molecule has 0 atom stereocenters. The van der Waals surface area contributed by atoms with Crippen molar-refractivity contribution in [3.05, 3.63) is 77.2 Å². The third-order valence-electron chi connectivity index (χ3n) is 4.51. The van der Waals surface area contributed by atoms with Crippen LogP contribution in [0, 0.1) is 0 Å². The molecule has 1 aliphatic rings. The van der Waals surface area contributed by atoms with Crippen molar-refractivity contribution in [3.8, 4) is 0 Å². The van der Waals surface area contributed by atoms with Gasteiger partial charge in [-0.1, -0.05) is 36.4 Å². The van der Waals surface area contributed by atoms with E-state index in [9.17, 15) is 13.2 Å². The number of amides is 1. The quantitative estimate of drug-likeness (QED) is 0.713. The van der Waals surface area contributed by atoms with E-state index in [0.717, 1.165) is 17.7 Å². The first-order valence-corrected chi connectivity index (χ1v) is 10.9. The van der Waals surface area contributed by atoms with Crippen molar-refractivity contribution in [2.24, 2.45) is 0 Å². The number of nitrogens with one attached hydrogen (secondary N) is 1. The standard InChI is InChI=1S/C20H18N2O3S2/c23-19(22-12-11-16-4-1-2-5-18(16)22)14-15-7-9-17(10-8-15)21-27(24,25)20-6-3-13-26-20/h1-10,13,21H,11-12,14H2. The van der Waals surface area contributed by atoms with Crippen LogP contribution in [0.5, 0.6) is 0 Å². The third-order valence-corrected chi connectivity index (χ3v) is 7.29. The number of carbonyl (C=O) groups excluding carboxylic acids is 1. The average molecular weight is 399 g/mol. The number of hydrogen-bond donors (Lipinski definition) is 1. The van der Waals surface area contributed by atoms with Crippen LogP contribution in [0.1, 0.15) is 11.1 Å². The fourth-order valence-corrected chi connectivity index (χ4v) is 5.23. The average Bonchev–Trinajstić information content (AvgIpc) is 3.33. The Morgan fingerprint density at radius 1 is 1.04 bits per heavy atom. The van der Waals surface area contributed by atoms with Crippen LogP contribution in [0.3, 0.4) is 0 Å². The van der Waals surface area contributed by atoms with Crippen molar-refractivity contribution in [2.45, 2.75) is 17.1 Å². The van der Waals surface area contributed by atoms with Gasteiger partial charge in [0.25, 0.3) is 10.0 Å². The molecule has 0 bridgehead atoms. The molecule has 0 saturated heterocycles. The van der Waals surface area contributed by atoms with Crippen molar-refractivity contribution in [1.82, 2.24) is 0 Å². The van der Waals surface area contributed by atoms with Gasteiger partial charge >= 0.3 is 0 Å². The van der Waals surface area contributed by atoms with Gasteiger partial charge in [0.1, 0.15) is 4.21 Å². The maximum atomic E-state index is 12.7. The Bertz CT molecular complexity index is 1060. The Balaban J connectivity index is 1.43. The van der Waals surface area contributed by atoms with Gasteiger partial charge in [-0.05, 0) is 47.2 Å². The maximum Gasteiger partial charge on any atom is 0.271 e. The lowest BCUT2D eigenvalue weighted by Gasteiger charge is -2.17. The first-order valence-electron chi connectivity index (χ1n) is 8.56. The van der Waals surface area contributed by atoms with Crippen LogP contribution in [0.15, 0.2) is 70.3 Å². The van der Waals surface area contributed by atoms with Gasteiger partial charge in [-0.15, -0.1) is 11.3 Å². The summed E-state index contributed by atoms with van der Waals surface area (Å²) in [5, 5.41) is 1.72. The fraction of sp³-hybridized carbons (Fsp3) is 0.150. The number of para-hydroxylation sites is 1. The summed E-state index contributed by atoms with van der Waals surface area (Å²) in [7, 11) is -3.56. The van der Waals surface area contributed by atoms with Crippen molar-refractivity contribution >= 4 is 38.6 Å². The SMILES string of the molecule is O=C(Cc1ccc(NS(=O)(=O)c2cccs2)cc1)N1CCc2ccccc21. The Labute approximate surface area is 162 Å². The van der Waals surface area contributed by atoms with Crippen molar-refractivity contribution in [3.63, 3.8) is 0 Å². The van der Waals surface area contributed by atoms with Crippen LogP contribution in [0.4, 0.5) is 11.4 Å². The van der Waals surface area contributed by atoms with Crippen molar-refractivity contribution < 1.29 is 13.2 Å². The molecule has 5 nitrogen and oxygen atoms in total. The molecule has 27 heavy (non-hydrogen) atoms. The number of fused-ring (bicyclic) bond motifs is 1. The van der Waals surface area contributed by atoms with E-state index < -0.39 is 10.0 Å². The highest BCUT2D eigenvalue weighted by molar-refractivity contribution is 7.94. The van der Waals surface area contributed by atoms with Crippen LogP contribution in [-0.4, -0.2) is 20.9 Å². The molecule has 2 heterocycles. The highest BCUT2D eigenvalue weighted by Gasteiger charge is 2.24. The second kappa shape index (κ2) is 7.17. The van der Waals surface area contributed by atoms with Crippen molar-refractivity contribution in [1.29, 1.82) is 0 Å². The Kier molecular flexibility index (Phi) is 4.72. The second-order valence-electron chi connectivity index (χ2n) is 6.34. The van der Waals surface area contributed by atoms with E-state index in [-0.39, 0.29) is 16.5 Å². The monoisotopic (exact) mass is 398 g/mol. The van der Waals surface area contributed by atoms with E-state index in [0.29, 0.717) is 12.2 Å². The minimum atomic E-state index is -3.56. The normalized spacial score (nSPS) is 13.4. The van der Waals surface area contributed by atoms with E-state index in [1.165, 1.54) is 16.9 Å². The summed E-state index contributed by atoms with van der Waals surface area (Å²) in [6.07, 6.45) is 1.16. The largest absolute Gasteiger partial charge is 0.312 e. The molecule has 1 aliphatic heterocycles. The van der Waals surface area contributed by atoms with E-state index in [2.05, 4.69) is 10.8 Å². The highest BCUT2D eigenvalue weighted by atomic mass is 32.2. The smallest absolute Gasteiger partial charge is 0.271 e. The first-order chi connectivity index (χ1) is 13.0. The van der Waals surface area contributed by atoms with Crippen LogP contribution in [0.25, 0.3) is 0 Å². The van der Waals surface area contributed by atoms with Gasteiger partial charge in [0.2, 0.25) is 5.91 Å². The van der Waals surface area contributed by atoms with E-state index >= 15 is 0 Å². The van der Waals surface area contributed by atoms with Gasteiger partial charge in [0.15, 0.2) is 0 Å². The topological polar surface area (TPSA) is 66.5 Å². The molecule has 0 aliphatic carbocycles. The Hall–Kier alpha value is -2.64. The van der Waals surface area contributed by atoms with E-state index in [1.807, 2.05) is 23.1 Å². The Morgan fingerprint density at radius 3 is 2.56 bits per heavy atom. The number of carbonyl (C=O) groups is 1. The highest BCUT2D eigenvalue weighted by Crippen LogP contribution is 2.28. The predicted molar refractivity (Wildman–Crippen MR) is 108 cm³/mol. The third kappa shape index (κ3) is 3.74. The molecule has 1 aromatic heterocycles. The maximum absolute atomic E-state index is 12.7. The summed E-state index contributed by atoms with van der Waals surface area (Å²) in [5.74, 6) is 0.0480. The molecule has 4 rings (SSSR count). The summed E-state index contributed by atoms with van der Waals surface area (Å²) in [6.45, 7) is 0.705. The van der Waals surface area contributed by atoms with Gasteiger partial charge in [-0.2, -0.15) is 0 Å². The molecule has 0 unspecified atom stereocenters. The number of rotatable bonds is 5. The van der Waals surface area contributed by atoms with Gasteiger partial charge in [0.05, 0.1) is 6.42 Å². The number of anilines is 2. The molecule has 0 radical (unpaired) electrons. The molecule has 3 aromatic rings. The molecular weight excluding hydrogens is 380 g/mol. The fourth-order valence-electron chi connectivity index (χ4n) is 3.18. The van der Waals surface area contributed by atoms with Gasteiger partial charge in [0, 0.05) is 17.9 Å². The minimum absolute atomic E-state index is 0.0480. The Morgan fingerprint density at radius 2 is 1.81 bits per heavy atom. The summed E-state index contributed by atoms with van der Waals surface area (Å²) in [4.78, 5) is 14.5. The van der Waals surface area contributed by atoms with Gasteiger partial charge < -0.3 is 4.90 Å². The van der Waals surface area contributed by atoms with E-state index in [1.54, 1.807) is 41.8 Å². The first kappa shape index (κ1) is 17.8. The van der Waals surface area contributed by atoms with E-state index in [4.69, 9.17) is 0 Å². The summed E-state index contributed by atoms with van der Waals surface area (Å²) in [6, 6.07) is 18.2. The van der Waals surface area contributed by atoms with Crippen LogP contribution < -0.4 is 9.62 Å². The number of hydrogen-bond acceptors (Lipinski definition) is 4. The number of benzene rings is 2. The molecule has 0 spiro atoms. The summed E-state index contributed by atoms with van der Waals surface area (Å²) >= 11 is 1.17. The van der Waals surface area contributed by atoms with Crippen LogP contribution in [0.2, 0.25) is 0 Å². The second-order valence-corrected chi connectivity index (χ2v) is 9.19. The molecule has 138 valence electrons. The lowest BCUT2D eigenvalue weighted by Crippen LogP contribution is -2.30. The predicted octanol–water partition coefficient (Wildman–Crippen LogP) is 3.68. The lowest BCUT2D eigenvalue weighted by atomic mass is 10.1. The summed E-state index contributed by atoms with van der Waals surface area (Å²) in [5.41, 5.74) is 3.52. The molecular formula is C20H18N2O3S2. The van der Waals surface area contributed by atoms with Crippen LogP contribution >= 0.6 is 11.3 Å². The number of thiophene rings is 1. The number of sulfonamides is 1.